The molecule has 1 saturated heterocycles. The number of hydrogen-bond donors (Lipinski definition) is 0. The Morgan fingerprint density at radius 1 is 1.19 bits per heavy atom. The minimum absolute atomic E-state index is 0.322. The SMILES string of the molecule is CC1(C)OB(c2ccc(OCCC3CC3)nc2)OC1(C)C. The second kappa shape index (κ2) is 5.29. The Morgan fingerprint density at radius 2 is 1.86 bits per heavy atom. The predicted molar refractivity (Wildman–Crippen MR) is 82.8 cm³/mol. The molecule has 1 aromatic rings. The summed E-state index contributed by atoms with van der Waals surface area (Å²) in [5.41, 5.74) is 0.289. The van der Waals surface area contributed by atoms with Crippen molar-refractivity contribution in [1.82, 2.24) is 4.98 Å². The van der Waals surface area contributed by atoms with Crippen LogP contribution in [0.3, 0.4) is 0 Å². The van der Waals surface area contributed by atoms with Crippen LogP contribution in [0.15, 0.2) is 18.3 Å². The number of aromatic nitrogens is 1. The highest BCUT2D eigenvalue weighted by atomic mass is 16.7. The van der Waals surface area contributed by atoms with E-state index in [1.165, 1.54) is 12.8 Å². The fourth-order valence-electron chi connectivity index (χ4n) is 2.33. The Bertz CT molecular complexity index is 481. The maximum atomic E-state index is 6.01. The molecular weight excluding hydrogens is 265 g/mol. The summed E-state index contributed by atoms with van der Waals surface area (Å²) in [6.07, 6.45) is 5.64. The summed E-state index contributed by atoms with van der Waals surface area (Å²) in [5, 5.41) is 0. The fourth-order valence-corrected chi connectivity index (χ4v) is 2.33. The van der Waals surface area contributed by atoms with Crippen LogP contribution in [-0.4, -0.2) is 29.9 Å². The zero-order valence-electron chi connectivity index (χ0n) is 13.4. The minimum atomic E-state index is -0.358. The predicted octanol–water partition coefficient (Wildman–Crippen LogP) is 2.56. The molecule has 1 saturated carbocycles. The molecular formula is C16H24BNO3. The van der Waals surface area contributed by atoms with Crippen molar-refractivity contribution in [1.29, 1.82) is 0 Å². The molecule has 21 heavy (non-hydrogen) atoms. The molecule has 2 heterocycles. The summed E-state index contributed by atoms with van der Waals surface area (Å²) in [6.45, 7) is 8.96. The average molecular weight is 289 g/mol. The normalized spacial score (nSPS) is 23.3. The highest BCUT2D eigenvalue weighted by molar-refractivity contribution is 6.62. The van der Waals surface area contributed by atoms with Gasteiger partial charge in [-0.2, -0.15) is 0 Å². The van der Waals surface area contributed by atoms with Crippen LogP contribution in [-0.2, 0) is 9.31 Å². The Labute approximate surface area is 127 Å². The smallest absolute Gasteiger partial charge is 0.478 e. The van der Waals surface area contributed by atoms with Gasteiger partial charge in [0.15, 0.2) is 0 Å². The van der Waals surface area contributed by atoms with Crippen LogP contribution in [0, 0.1) is 5.92 Å². The van der Waals surface area contributed by atoms with Gasteiger partial charge < -0.3 is 14.0 Å². The van der Waals surface area contributed by atoms with Gasteiger partial charge in [0.1, 0.15) is 0 Å². The first-order chi connectivity index (χ1) is 9.87. The first-order valence-electron chi connectivity index (χ1n) is 7.82. The zero-order valence-corrected chi connectivity index (χ0v) is 13.4. The van der Waals surface area contributed by atoms with E-state index in [1.54, 1.807) is 6.20 Å². The maximum absolute atomic E-state index is 6.01. The molecule has 1 aliphatic heterocycles. The quantitative estimate of drug-likeness (QED) is 0.781. The summed E-state index contributed by atoms with van der Waals surface area (Å²) < 4.78 is 17.7. The van der Waals surface area contributed by atoms with E-state index in [0.29, 0.717) is 5.88 Å². The van der Waals surface area contributed by atoms with Crippen molar-refractivity contribution < 1.29 is 14.0 Å². The molecule has 0 bridgehead atoms. The summed E-state index contributed by atoms with van der Waals surface area (Å²) in [7, 11) is -0.358. The molecule has 0 unspecified atom stereocenters. The molecule has 0 radical (unpaired) electrons. The van der Waals surface area contributed by atoms with E-state index in [9.17, 15) is 0 Å². The maximum Gasteiger partial charge on any atom is 0.496 e. The molecule has 0 spiro atoms. The van der Waals surface area contributed by atoms with E-state index in [2.05, 4.69) is 32.7 Å². The van der Waals surface area contributed by atoms with Crippen molar-refractivity contribution in [3.63, 3.8) is 0 Å². The van der Waals surface area contributed by atoms with Gasteiger partial charge >= 0.3 is 7.12 Å². The molecule has 3 rings (SSSR count). The molecule has 1 aromatic heterocycles. The van der Waals surface area contributed by atoms with Crippen molar-refractivity contribution in [2.24, 2.45) is 5.92 Å². The molecule has 114 valence electrons. The Morgan fingerprint density at radius 3 is 2.38 bits per heavy atom. The molecule has 0 atom stereocenters. The second-order valence-corrected chi connectivity index (χ2v) is 7.10. The number of ether oxygens (including phenoxy) is 1. The van der Waals surface area contributed by atoms with Crippen molar-refractivity contribution in [2.75, 3.05) is 6.61 Å². The van der Waals surface area contributed by atoms with Crippen LogP contribution >= 0.6 is 0 Å². The van der Waals surface area contributed by atoms with Crippen LogP contribution in [0.25, 0.3) is 0 Å². The van der Waals surface area contributed by atoms with Gasteiger partial charge in [0.2, 0.25) is 5.88 Å². The topological polar surface area (TPSA) is 40.6 Å². The summed E-state index contributed by atoms with van der Waals surface area (Å²) in [4.78, 5) is 4.35. The van der Waals surface area contributed by atoms with Crippen LogP contribution in [0.1, 0.15) is 47.0 Å². The lowest BCUT2D eigenvalue weighted by Gasteiger charge is -2.32. The summed E-state index contributed by atoms with van der Waals surface area (Å²) in [5.74, 6) is 1.56. The number of rotatable bonds is 5. The average Bonchev–Trinajstić information content (AvgIpc) is 3.18. The van der Waals surface area contributed by atoms with Gasteiger partial charge in [-0.15, -0.1) is 0 Å². The first kappa shape index (κ1) is 14.9. The lowest BCUT2D eigenvalue weighted by Crippen LogP contribution is -2.41. The number of hydrogen-bond acceptors (Lipinski definition) is 4. The molecule has 2 aliphatic rings. The summed E-state index contributed by atoms with van der Waals surface area (Å²) >= 11 is 0. The third-order valence-corrected chi connectivity index (χ3v) is 4.76. The molecule has 0 N–H and O–H groups in total. The van der Waals surface area contributed by atoms with Gasteiger partial charge in [-0.05, 0) is 46.1 Å². The van der Waals surface area contributed by atoms with Crippen molar-refractivity contribution >= 4 is 12.6 Å². The largest absolute Gasteiger partial charge is 0.496 e. The van der Waals surface area contributed by atoms with Crippen LogP contribution < -0.4 is 10.2 Å². The van der Waals surface area contributed by atoms with Crippen LogP contribution in [0.5, 0.6) is 5.88 Å². The van der Waals surface area contributed by atoms with Crippen molar-refractivity contribution in [3.05, 3.63) is 18.3 Å². The minimum Gasteiger partial charge on any atom is -0.478 e. The van der Waals surface area contributed by atoms with Gasteiger partial charge in [0.05, 0.1) is 17.8 Å². The van der Waals surface area contributed by atoms with E-state index >= 15 is 0 Å². The van der Waals surface area contributed by atoms with Crippen LogP contribution in [0.4, 0.5) is 0 Å². The van der Waals surface area contributed by atoms with E-state index in [4.69, 9.17) is 14.0 Å². The zero-order chi connectivity index (χ0) is 15.1. The molecule has 1 aliphatic carbocycles. The lowest BCUT2D eigenvalue weighted by atomic mass is 9.80. The molecule has 2 fully saturated rings. The monoisotopic (exact) mass is 289 g/mol. The van der Waals surface area contributed by atoms with Gasteiger partial charge in [-0.3, -0.25) is 0 Å². The van der Waals surface area contributed by atoms with E-state index in [0.717, 1.165) is 24.4 Å². The molecule has 0 amide bonds. The van der Waals surface area contributed by atoms with Crippen LogP contribution in [0.2, 0.25) is 0 Å². The first-order valence-corrected chi connectivity index (χ1v) is 7.82. The molecule has 4 nitrogen and oxygen atoms in total. The second-order valence-electron chi connectivity index (χ2n) is 7.10. The van der Waals surface area contributed by atoms with Gasteiger partial charge in [0, 0.05) is 11.7 Å². The Kier molecular flexibility index (Phi) is 3.74. The van der Waals surface area contributed by atoms with E-state index in [1.807, 2.05) is 12.1 Å². The molecule has 5 heteroatoms. The fraction of sp³-hybridized carbons (Fsp3) is 0.688. The van der Waals surface area contributed by atoms with Gasteiger partial charge in [-0.1, -0.05) is 18.9 Å². The van der Waals surface area contributed by atoms with E-state index < -0.39 is 0 Å². The van der Waals surface area contributed by atoms with Crippen molar-refractivity contribution in [3.8, 4) is 5.88 Å². The molecule has 0 aromatic carbocycles. The Hall–Kier alpha value is -1.07. The number of pyridine rings is 1. The van der Waals surface area contributed by atoms with Gasteiger partial charge in [0.25, 0.3) is 0 Å². The highest BCUT2D eigenvalue weighted by Crippen LogP contribution is 2.36. The Balaban J connectivity index is 1.59. The lowest BCUT2D eigenvalue weighted by molar-refractivity contribution is 0.00578. The van der Waals surface area contributed by atoms with Gasteiger partial charge in [-0.25, -0.2) is 4.98 Å². The highest BCUT2D eigenvalue weighted by Gasteiger charge is 2.51. The third kappa shape index (κ3) is 3.24. The summed E-state index contributed by atoms with van der Waals surface area (Å²) in [6, 6.07) is 3.87. The number of nitrogens with zero attached hydrogens (tertiary/aromatic N) is 1. The van der Waals surface area contributed by atoms with E-state index in [-0.39, 0.29) is 18.3 Å². The van der Waals surface area contributed by atoms with Crippen molar-refractivity contribution in [2.45, 2.75) is 58.2 Å². The third-order valence-electron chi connectivity index (χ3n) is 4.76. The standard InChI is InChI=1S/C16H24BNO3/c1-15(2)16(3,4)21-17(20-15)13-7-8-14(18-11-13)19-10-9-12-5-6-12/h7-8,11-12H,5-6,9-10H2,1-4H3.